The Hall–Kier alpha value is -3.18. The summed E-state index contributed by atoms with van der Waals surface area (Å²) < 4.78 is 0. The standard InChI is InChI=1S/C14H12.C6H14O3.2CHNO/c1-3-7-13(8-4-1)11-12-14-9-5-2-6-10-14;1-2-6(3-7,4-8)5-9;2*2-1-3/h1-12H;7-9H,2-5H2,1H3;2*2H. The van der Waals surface area contributed by atoms with Crippen molar-refractivity contribution in [3.05, 3.63) is 71.8 Å². The summed E-state index contributed by atoms with van der Waals surface area (Å²) in [5, 5.41) is 36.8. The first kappa shape index (κ1) is 28.0. The molecule has 156 valence electrons. The fourth-order valence-electron chi connectivity index (χ4n) is 1.81. The van der Waals surface area contributed by atoms with Crippen molar-refractivity contribution in [3.63, 3.8) is 0 Å². The molecule has 0 spiro atoms. The van der Waals surface area contributed by atoms with Crippen LogP contribution >= 0.6 is 0 Å². The van der Waals surface area contributed by atoms with Crippen LogP contribution in [0.5, 0.6) is 0 Å². The van der Waals surface area contributed by atoms with Crippen LogP contribution in [0.4, 0.5) is 0 Å². The molecule has 2 rings (SSSR count). The van der Waals surface area contributed by atoms with E-state index in [-0.39, 0.29) is 19.8 Å². The predicted molar refractivity (Wildman–Crippen MR) is 113 cm³/mol. The summed E-state index contributed by atoms with van der Waals surface area (Å²) in [5.74, 6) is 0. The molecule has 0 fully saturated rings. The molecule has 2 aromatic carbocycles. The van der Waals surface area contributed by atoms with E-state index >= 15 is 0 Å². The topological polar surface area (TPSA) is 143 Å². The highest BCUT2D eigenvalue weighted by molar-refractivity contribution is 5.69. The lowest BCUT2D eigenvalue weighted by molar-refractivity contribution is 0.00304. The van der Waals surface area contributed by atoms with Gasteiger partial charge in [0.15, 0.2) is 0 Å². The van der Waals surface area contributed by atoms with Gasteiger partial charge in [-0.15, -0.1) is 0 Å². The molecule has 29 heavy (non-hydrogen) atoms. The van der Waals surface area contributed by atoms with E-state index in [4.69, 9.17) is 35.7 Å². The summed E-state index contributed by atoms with van der Waals surface area (Å²) >= 11 is 0. The fourth-order valence-corrected chi connectivity index (χ4v) is 1.81. The maximum Gasteiger partial charge on any atom is 0.231 e. The number of aliphatic hydroxyl groups is 3. The van der Waals surface area contributed by atoms with Gasteiger partial charge in [0.05, 0.1) is 19.8 Å². The van der Waals surface area contributed by atoms with Gasteiger partial charge in [0, 0.05) is 5.41 Å². The highest BCUT2D eigenvalue weighted by Crippen LogP contribution is 2.18. The molecule has 2 aromatic rings. The summed E-state index contributed by atoms with van der Waals surface area (Å²) in [5.41, 5.74) is 1.80. The minimum Gasteiger partial charge on any atom is -0.396 e. The van der Waals surface area contributed by atoms with E-state index in [1.54, 1.807) is 0 Å². The predicted octanol–water partition coefficient (Wildman–Crippen LogP) is 3.02. The molecular formula is C22H28N2O5. The van der Waals surface area contributed by atoms with Gasteiger partial charge in [-0.25, -0.2) is 20.4 Å². The van der Waals surface area contributed by atoms with Crippen molar-refractivity contribution >= 4 is 24.3 Å². The van der Waals surface area contributed by atoms with E-state index in [0.29, 0.717) is 6.42 Å². The third-order valence-corrected chi connectivity index (χ3v) is 3.82. The van der Waals surface area contributed by atoms with Crippen molar-refractivity contribution < 1.29 is 24.9 Å². The van der Waals surface area contributed by atoms with Gasteiger partial charge in [-0.1, -0.05) is 79.7 Å². The van der Waals surface area contributed by atoms with E-state index < -0.39 is 5.41 Å². The van der Waals surface area contributed by atoms with Crippen LogP contribution in [0, 0.1) is 16.2 Å². The lowest BCUT2D eigenvalue weighted by atomic mass is 9.88. The summed E-state index contributed by atoms with van der Waals surface area (Å²) in [6, 6.07) is 20.6. The van der Waals surface area contributed by atoms with Crippen LogP contribution in [0.1, 0.15) is 24.5 Å². The second kappa shape index (κ2) is 19.6. The Kier molecular flexibility index (Phi) is 18.9. The second-order valence-electron chi connectivity index (χ2n) is 5.69. The molecule has 7 heteroatoms. The van der Waals surface area contributed by atoms with Crippen LogP contribution in [-0.4, -0.2) is 47.3 Å². The molecule has 5 N–H and O–H groups in total. The SMILES string of the molecule is C(=Cc1ccccc1)c1ccccc1.CCC(CO)(CO)CO.N=C=O.N=C=O. The largest absolute Gasteiger partial charge is 0.396 e. The molecule has 0 aliphatic heterocycles. The molecule has 0 unspecified atom stereocenters. The molecule has 0 bridgehead atoms. The van der Waals surface area contributed by atoms with Gasteiger partial charge in [0.1, 0.15) is 0 Å². The smallest absolute Gasteiger partial charge is 0.231 e. The second-order valence-corrected chi connectivity index (χ2v) is 5.69. The molecule has 0 radical (unpaired) electrons. The first-order chi connectivity index (χ1) is 14.0. The highest BCUT2D eigenvalue weighted by Gasteiger charge is 2.24. The highest BCUT2D eigenvalue weighted by atomic mass is 16.3. The molecular weight excluding hydrogens is 372 g/mol. The number of hydrogen-bond donors (Lipinski definition) is 5. The van der Waals surface area contributed by atoms with Gasteiger partial charge >= 0.3 is 0 Å². The lowest BCUT2D eigenvalue weighted by Crippen LogP contribution is -2.32. The average Bonchev–Trinajstić information content (AvgIpc) is 2.77. The Balaban J connectivity index is 0. The van der Waals surface area contributed by atoms with Crippen LogP contribution in [0.2, 0.25) is 0 Å². The van der Waals surface area contributed by atoms with E-state index in [1.807, 2.05) is 43.3 Å². The first-order valence-corrected chi connectivity index (χ1v) is 8.71. The van der Waals surface area contributed by atoms with Gasteiger partial charge in [0.25, 0.3) is 0 Å². The quantitative estimate of drug-likeness (QED) is 0.288. The molecule has 7 nitrogen and oxygen atoms in total. The summed E-state index contributed by atoms with van der Waals surface area (Å²) in [7, 11) is 0. The van der Waals surface area contributed by atoms with Crippen LogP contribution in [-0.2, 0) is 9.59 Å². The maximum absolute atomic E-state index is 8.66. The number of nitrogens with one attached hydrogen (secondary N) is 2. The van der Waals surface area contributed by atoms with Crippen LogP contribution in [0.3, 0.4) is 0 Å². The van der Waals surface area contributed by atoms with Crippen molar-refractivity contribution in [1.82, 2.24) is 0 Å². The zero-order valence-corrected chi connectivity index (χ0v) is 16.4. The minimum absolute atomic E-state index is 0.156. The molecule has 0 saturated carbocycles. The lowest BCUT2D eigenvalue weighted by Gasteiger charge is -2.24. The Morgan fingerprint density at radius 3 is 1.21 bits per heavy atom. The van der Waals surface area contributed by atoms with Gasteiger partial charge in [0.2, 0.25) is 12.2 Å². The molecule has 0 atom stereocenters. The number of isocyanates is 2. The van der Waals surface area contributed by atoms with Gasteiger partial charge in [-0.3, -0.25) is 0 Å². The number of carbonyl (C=O) groups excluding carboxylic acids is 2. The number of aliphatic hydroxyl groups excluding tert-OH is 3. The van der Waals surface area contributed by atoms with E-state index in [0.717, 1.165) is 12.2 Å². The molecule has 0 saturated heterocycles. The average molecular weight is 400 g/mol. The number of hydrogen-bond acceptors (Lipinski definition) is 7. The molecule has 0 aliphatic carbocycles. The first-order valence-electron chi connectivity index (χ1n) is 8.71. The maximum atomic E-state index is 8.66. The Bertz CT molecular complexity index is 646. The molecule has 0 aromatic heterocycles. The van der Waals surface area contributed by atoms with E-state index in [2.05, 4.69) is 36.4 Å². The number of benzene rings is 2. The third-order valence-electron chi connectivity index (χ3n) is 3.82. The van der Waals surface area contributed by atoms with E-state index in [9.17, 15) is 0 Å². The van der Waals surface area contributed by atoms with Gasteiger partial charge in [-0.2, -0.15) is 0 Å². The zero-order valence-electron chi connectivity index (χ0n) is 16.4. The van der Waals surface area contributed by atoms with Gasteiger partial charge in [-0.05, 0) is 17.5 Å². The number of rotatable bonds is 6. The van der Waals surface area contributed by atoms with Crippen LogP contribution < -0.4 is 0 Å². The zero-order chi connectivity index (χ0) is 22.4. The minimum atomic E-state index is -0.667. The normalized spacial score (nSPS) is 9.38. The molecule has 0 heterocycles. The van der Waals surface area contributed by atoms with Crippen molar-refractivity contribution in [2.24, 2.45) is 5.41 Å². The van der Waals surface area contributed by atoms with Crippen molar-refractivity contribution in [2.45, 2.75) is 13.3 Å². The van der Waals surface area contributed by atoms with Crippen molar-refractivity contribution in [1.29, 1.82) is 10.8 Å². The van der Waals surface area contributed by atoms with Crippen molar-refractivity contribution in [2.75, 3.05) is 19.8 Å². The molecule has 0 amide bonds. The fraction of sp³-hybridized carbons (Fsp3) is 0.273. The monoisotopic (exact) mass is 400 g/mol. The van der Waals surface area contributed by atoms with Gasteiger partial charge < -0.3 is 15.3 Å². The summed E-state index contributed by atoms with van der Waals surface area (Å²) in [6.45, 7) is 1.35. The van der Waals surface area contributed by atoms with Crippen LogP contribution in [0.25, 0.3) is 12.2 Å². The van der Waals surface area contributed by atoms with Crippen LogP contribution in [0.15, 0.2) is 60.7 Å². The summed E-state index contributed by atoms with van der Waals surface area (Å²) in [6.07, 6.45) is 6.33. The Morgan fingerprint density at radius 1 is 0.759 bits per heavy atom. The summed E-state index contributed by atoms with van der Waals surface area (Å²) in [4.78, 5) is 16.7. The Labute approximate surface area is 171 Å². The molecule has 0 aliphatic rings. The Morgan fingerprint density at radius 2 is 1.03 bits per heavy atom. The van der Waals surface area contributed by atoms with Crippen molar-refractivity contribution in [3.8, 4) is 0 Å². The van der Waals surface area contributed by atoms with E-state index in [1.165, 1.54) is 11.1 Å². The third kappa shape index (κ3) is 14.5.